The molecule has 1 unspecified atom stereocenters. The molecule has 0 aliphatic rings. The largest absolute Gasteiger partial charge is 0.462 e. The van der Waals surface area contributed by atoms with Gasteiger partial charge in [0, 0.05) is 19.3 Å². The molecule has 0 aromatic heterocycles. The molecule has 0 aromatic carbocycles. The molecule has 0 heterocycles. The number of unbranched alkanes of at least 4 members (excludes halogenated alkanes) is 46. The molecule has 6 nitrogen and oxygen atoms in total. The minimum atomic E-state index is -0.774. The van der Waals surface area contributed by atoms with Gasteiger partial charge in [-0.3, -0.25) is 14.4 Å². The van der Waals surface area contributed by atoms with E-state index in [0.717, 1.165) is 83.5 Å². The predicted octanol–water partition coefficient (Wildman–Crippen LogP) is 25.1. The first kappa shape index (κ1) is 79.1. The minimum absolute atomic E-state index is 0.0692. The van der Waals surface area contributed by atoms with Crippen LogP contribution in [0.3, 0.4) is 0 Å². The maximum Gasteiger partial charge on any atom is 0.306 e. The van der Waals surface area contributed by atoms with Gasteiger partial charge in [-0.15, -0.1) is 0 Å². The van der Waals surface area contributed by atoms with Gasteiger partial charge < -0.3 is 14.2 Å². The Morgan fingerprint density at radius 3 is 0.756 bits per heavy atom. The highest BCUT2D eigenvalue weighted by Crippen LogP contribution is 2.18. The van der Waals surface area contributed by atoms with E-state index < -0.39 is 6.10 Å². The van der Waals surface area contributed by atoms with Crippen molar-refractivity contribution in [2.45, 2.75) is 393 Å². The normalized spacial score (nSPS) is 12.4. The third kappa shape index (κ3) is 67.9. The second-order valence-electron chi connectivity index (χ2n) is 24.5. The van der Waals surface area contributed by atoms with Gasteiger partial charge in [0.25, 0.3) is 0 Å². The molecule has 0 rings (SSSR count). The molecular formula is C76H138O6. The summed E-state index contributed by atoms with van der Waals surface area (Å²) in [6.07, 6.45) is 91.1. The van der Waals surface area contributed by atoms with Crippen molar-refractivity contribution in [3.63, 3.8) is 0 Å². The van der Waals surface area contributed by atoms with Crippen molar-refractivity contribution in [2.75, 3.05) is 13.2 Å². The predicted molar refractivity (Wildman–Crippen MR) is 358 cm³/mol. The first-order chi connectivity index (χ1) is 40.5. The second-order valence-corrected chi connectivity index (χ2v) is 24.5. The number of allylic oxidation sites excluding steroid dienone is 10. The van der Waals surface area contributed by atoms with Crippen LogP contribution in [0, 0.1) is 0 Å². The van der Waals surface area contributed by atoms with E-state index in [1.807, 2.05) is 0 Å². The third-order valence-corrected chi connectivity index (χ3v) is 16.3. The van der Waals surface area contributed by atoms with Gasteiger partial charge in [0.1, 0.15) is 13.2 Å². The van der Waals surface area contributed by atoms with Gasteiger partial charge in [0.2, 0.25) is 0 Å². The Hall–Kier alpha value is -2.89. The van der Waals surface area contributed by atoms with Crippen LogP contribution in [-0.2, 0) is 28.6 Å². The first-order valence-electron chi connectivity index (χ1n) is 36.3. The van der Waals surface area contributed by atoms with Crippen LogP contribution in [-0.4, -0.2) is 37.2 Å². The van der Waals surface area contributed by atoms with Gasteiger partial charge in [-0.2, -0.15) is 0 Å². The fraction of sp³-hybridized carbons (Fsp3) is 0.829. The van der Waals surface area contributed by atoms with Crippen LogP contribution in [0.15, 0.2) is 60.8 Å². The summed E-state index contributed by atoms with van der Waals surface area (Å²) in [7, 11) is 0. The monoisotopic (exact) mass is 1150 g/mol. The lowest BCUT2D eigenvalue weighted by Crippen LogP contribution is -2.30. The van der Waals surface area contributed by atoms with Gasteiger partial charge in [0.05, 0.1) is 0 Å². The van der Waals surface area contributed by atoms with Crippen LogP contribution < -0.4 is 0 Å². The highest BCUT2D eigenvalue weighted by Gasteiger charge is 2.19. The maximum absolute atomic E-state index is 13.0. The molecular weight excluding hydrogens is 1010 g/mol. The highest BCUT2D eigenvalue weighted by molar-refractivity contribution is 5.71. The van der Waals surface area contributed by atoms with E-state index in [-0.39, 0.29) is 31.1 Å². The number of rotatable bonds is 67. The molecule has 0 N–H and O–H groups in total. The number of carbonyl (C=O) groups excluding carboxylic acids is 3. The fourth-order valence-corrected chi connectivity index (χ4v) is 10.8. The van der Waals surface area contributed by atoms with E-state index in [9.17, 15) is 14.4 Å². The van der Waals surface area contributed by atoms with Crippen molar-refractivity contribution in [3.05, 3.63) is 60.8 Å². The smallest absolute Gasteiger partial charge is 0.306 e. The van der Waals surface area contributed by atoms with Crippen LogP contribution in [0.5, 0.6) is 0 Å². The summed E-state index contributed by atoms with van der Waals surface area (Å²) < 4.78 is 17.0. The van der Waals surface area contributed by atoms with E-state index in [0.29, 0.717) is 19.3 Å². The Bertz CT molecular complexity index is 1460. The Morgan fingerprint density at radius 1 is 0.256 bits per heavy atom. The summed E-state index contributed by atoms with van der Waals surface area (Å²) in [6, 6.07) is 0. The molecule has 82 heavy (non-hydrogen) atoms. The van der Waals surface area contributed by atoms with Gasteiger partial charge in [-0.1, -0.05) is 345 Å². The fourth-order valence-electron chi connectivity index (χ4n) is 10.8. The Balaban J connectivity index is 4.26. The van der Waals surface area contributed by atoms with Crippen LogP contribution in [0.2, 0.25) is 0 Å². The van der Waals surface area contributed by atoms with E-state index in [1.54, 1.807) is 0 Å². The maximum atomic E-state index is 13.0. The Labute approximate surface area is 510 Å². The lowest BCUT2D eigenvalue weighted by atomic mass is 10.0. The molecule has 0 amide bonds. The third-order valence-electron chi connectivity index (χ3n) is 16.3. The summed E-state index contributed by atoms with van der Waals surface area (Å²) in [4.78, 5) is 38.5. The Morgan fingerprint density at radius 2 is 0.476 bits per heavy atom. The van der Waals surface area contributed by atoms with Crippen LogP contribution in [0.25, 0.3) is 0 Å². The van der Waals surface area contributed by atoms with Crippen LogP contribution in [0.4, 0.5) is 0 Å². The van der Waals surface area contributed by atoms with Crippen molar-refractivity contribution in [1.29, 1.82) is 0 Å². The van der Waals surface area contributed by atoms with Crippen molar-refractivity contribution >= 4 is 17.9 Å². The summed E-state index contributed by atoms with van der Waals surface area (Å²) in [5.74, 6) is -0.844. The topological polar surface area (TPSA) is 78.9 Å². The van der Waals surface area contributed by atoms with Gasteiger partial charge in [-0.25, -0.2) is 0 Å². The SMILES string of the molecule is CC/C=C\C/C=C\C/C=C\C/C=C\CCCCCCCCCCCCCCC(=O)OCC(COC(=O)CCCCCCCCCCCCCCCC)OC(=O)CCCCCCCCCCCCCCC/C=C\CCCCCCCCCC. The van der Waals surface area contributed by atoms with E-state index >= 15 is 0 Å². The lowest BCUT2D eigenvalue weighted by molar-refractivity contribution is -0.167. The van der Waals surface area contributed by atoms with E-state index in [4.69, 9.17) is 14.2 Å². The molecule has 0 saturated heterocycles. The number of ether oxygens (including phenoxy) is 3. The molecule has 0 fully saturated rings. The molecule has 0 spiro atoms. The van der Waals surface area contributed by atoms with Gasteiger partial charge in [-0.05, 0) is 83.5 Å². The summed E-state index contributed by atoms with van der Waals surface area (Å²) in [5, 5.41) is 0. The van der Waals surface area contributed by atoms with Crippen LogP contribution >= 0.6 is 0 Å². The minimum Gasteiger partial charge on any atom is -0.462 e. The summed E-state index contributed by atoms with van der Waals surface area (Å²) in [6.45, 7) is 6.59. The molecule has 0 aliphatic heterocycles. The average Bonchev–Trinajstić information content (AvgIpc) is 3.47. The van der Waals surface area contributed by atoms with Crippen molar-refractivity contribution < 1.29 is 28.6 Å². The number of esters is 3. The average molecular weight is 1150 g/mol. The number of hydrogen-bond acceptors (Lipinski definition) is 6. The molecule has 0 aromatic rings. The molecule has 0 bridgehead atoms. The van der Waals surface area contributed by atoms with Crippen LogP contribution in [0.1, 0.15) is 387 Å². The van der Waals surface area contributed by atoms with E-state index in [1.165, 1.54) is 263 Å². The number of carbonyl (C=O) groups is 3. The molecule has 478 valence electrons. The van der Waals surface area contributed by atoms with Crippen molar-refractivity contribution in [2.24, 2.45) is 0 Å². The zero-order valence-corrected chi connectivity index (χ0v) is 55.0. The number of hydrogen-bond donors (Lipinski definition) is 0. The van der Waals surface area contributed by atoms with Gasteiger partial charge in [0.15, 0.2) is 6.10 Å². The standard InChI is InChI=1S/C76H138O6/c1-4-7-10-13-16-19-22-25-28-30-32-34-36-38-40-42-44-46-48-51-54-57-60-63-66-69-75(78)81-72-73(71-80-74(77)68-65-62-59-56-53-50-27-24-21-18-15-12-9-6-3)82-76(79)70-67-64-61-58-55-52-49-47-45-43-41-39-37-35-33-31-29-26-23-20-17-14-11-8-5-2/h7,10,16,19,25,28,31-34,73H,4-6,8-9,11-15,17-18,20-24,26-27,29-30,35-72H2,1-3H3/b10-7-,19-16-,28-25-,33-31-,34-32-. The zero-order valence-electron chi connectivity index (χ0n) is 55.0. The molecule has 6 heteroatoms. The highest BCUT2D eigenvalue weighted by atomic mass is 16.6. The summed E-state index contributed by atoms with van der Waals surface area (Å²) in [5.41, 5.74) is 0. The molecule has 1 atom stereocenters. The Kier molecular flexibility index (Phi) is 68.1. The molecule has 0 saturated carbocycles. The summed E-state index contributed by atoms with van der Waals surface area (Å²) >= 11 is 0. The van der Waals surface area contributed by atoms with Crippen molar-refractivity contribution in [3.8, 4) is 0 Å². The quantitative estimate of drug-likeness (QED) is 0.0261. The molecule has 0 radical (unpaired) electrons. The van der Waals surface area contributed by atoms with Crippen molar-refractivity contribution in [1.82, 2.24) is 0 Å². The second kappa shape index (κ2) is 70.6. The first-order valence-corrected chi connectivity index (χ1v) is 36.3. The lowest BCUT2D eigenvalue weighted by Gasteiger charge is -2.18. The van der Waals surface area contributed by atoms with Gasteiger partial charge >= 0.3 is 17.9 Å². The van der Waals surface area contributed by atoms with E-state index in [2.05, 4.69) is 81.5 Å². The zero-order chi connectivity index (χ0) is 59.2. The molecule has 0 aliphatic carbocycles.